The van der Waals surface area contributed by atoms with Crippen LogP contribution in [-0.4, -0.2) is 38.9 Å². The molecule has 1 aliphatic heterocycles. The molecule has 0 spiro atoms. The van der Waals surface area contributed by atoms with Gasteiger partial charge >= 0.3 is 17.8 Å². The first-order valence-corrected chi connectivity index (χ1v) is 10.6. The second-order valence-corrected chi connectivity index (χ2v) is 7.57. The van der Waals surface area contributed by atoms with E-state index in [2.05, 4.69) is 10.0 Å². The molecule has 1 N–H and O–H groups in total. The van der Waals surface area contributed by atoms with E-state index in [1.165, 1.54) is 31.4 Å². The third kappa shape index (κ3) is 4.99. The number of nitrogens with one attached hydrogen (secondary N) is 1. The molecular weight excluding hydrogens is 566 g/mol. The predicted molar refractivity (Wildman–Crippen MR) is 114 cm³/mol. The molecule has 2 heterocycles. The monoisotopic (exact) mass is 581 g/mol. The van der Waals surface area contributed by atoms with Crippen molar-refractivity contribution in [2.75, 3.05) is 11.5 Å². The lowest BCUT2D eigenvalue weighted by Crippen LogP contribution is -2.42. The van der Waals surface area contributed by atoms with Gasteiger partial charge in [0.25, 0.3) is 5.56 Å². The Morgan fingerprint density at radius 3 is 2.61 bits per heavy atom. The maximum Gasteiger partial charge on any atom is 0.423 e. The van der Waals surface area contributed by atoms with Crippen molar-refractivity contribution in [1.29, 1.82) is 0 Å². The summed E-state index contributed by atoms with van der Waals surface area (Å²) in [6.45, 7) is 0. The lowest BCUT2D eigenvalue weighted by atomic mass is 10.1. The highest BCUT2D eigenvalue weighted by molar-refractivity contribution is 14.1. The number of rotatable bonds is 6. The van der Waals surface area contributed by atoms with Gasteiger partial charge in [-0.15, -0.1) is 0 Å². The number of hydrogen-bond acceptors (Lipinski definition) is 7. The quantitative estimate of drug-likeness (QED) is 0.138. The molecule has 1 fully saturated rings. The number of carbonyl (C=O) groups is 1. The first-order chi connectivity index (χ1) is 15.5. The summed E-state index contributed by atoms with van der Waals surface area (Å²) in [5.41, 5.74) is 2.92. The normalized spacial score (nSPS) is 22.5. The first kappa shape index (κ1) is 24.6. The lowest BCUT2D eigenvalue weighted by molar-refractivity contribution is -0.140. The van der Waals surface area contributed by atoms with E-state index in [0.29, 0.717) is 16.5 Å². The highest BCUT2D eigenvalue weighted by atomic mass is 127. The van der Waals surface area contributed by atoms with Gasteiger partial charge in [-0.1, -0.05) is 27.7 Å². The van der Waals surface area contributed by atoms with Crippen LogP contribution in [0.4, 0.5) is 13.2 Å². The molecule has 0 aliphatic carbocycles. The van der Waals surface area contributed by atoms with Gasteiger partial charge < -0.3 is 14.2 Å². The van der Waals surface area contributed by atoms with Crippen LogP contribution >= 0.6 is 22.6 Å². The van der Waals surface area contributed by atoms with Crippen molar-refractivity contribution in [2.45, 2.75) is 30.7 Å². The van der Waals surface area contributed by atoms with E-state index in [-0.39, 0.29) is 16.4 Å². The van der Waals surface area contributed by atoms with E-state index >= 15 is 0 Å². The molecule has 15 heteroatoms. The van der Waals surface area contributed by atoms with Gasteiger partial charge in [0.1, 0.15) is 23.6 Å². The van der Waals surface area contributed by atoms with Crippen molar-refractivity contribution >= 4 is 28.6 Å². The number of aromatic amines is 1. The number of azide groups is 1. The van der Waals surface area contributed by atoms with E-state index in [1.807, 2.05) is 0 Å². The van der Waals surface area contributed by atoms with Gasteiger partial charge in [-0.25, -0.2) is 9.59 Å². The molecule has 0 unspecified atom stereocenters. The highest BCUT2D eigenvalue weighted by Crippen LogP contribution is 2.41. The van der Waals surface area contributed by atoms with Gasteiger partial charge in [0.15, 0.2) is 5.72 Å². The van der Waals surface area contributed by atoms with Gasteiger partial charge in [0.05, 0.1) is 12.7 Å². The summed E-state index contributed by atoms with van der Waals surface area (Å²) in [4.78, 5) is 40.7. The number of esters is 1. The zero-order valence-electron chi connectivity index (χ0n) is 16.7. The molecular formula is C18H15F3IN5O6. The number of halogens is 4. The molecule has 1 aromatic carbocycles. The molecule has 1 aromatic heterocycles. The van der Waals surface area contributed by atoms with Crippen molar-refractivity contribution < 1.29 is 32.2 Å². The molecule has 176 valence electrons. The zero-order valence-corrected chi connectivity index (χ0v) is 18.9. The second kappa shape index (κ2) is 9.44. The van der Waals surface area contributed by atoms with Crippen LogP contribution < -0.4 is 16.0 Å². The largest absolute Gasteiger partial charge is 0.497 e. The number of hydrogen-bond donors (Lipinski definition) is 1. The molecule has 0 bridgehead atoms. The van der Waals surface area contributed by atoms with Gasteiger partial charge in [0, 0.05) is 22.0 Å². The van der Waals surface area contributed by atoms with Crippen molar-refractivity contribution in [3.8, 4) is 5.75 Å². The van der Waals surface area contributed by atoms with Crippen LogP contribution in [-0.2, 0) is 15.7 Å². The number of alkyl halides is 4. The SMILES string of the molecule is COc1ccc(C(=O)O[C@H]2C[C@H](n3cc(C(F)(F)F)c(=O)[nH]c3=O)O[C@@]2(CI)N=[N+]=[N-])cc1. The molecule has 0 amide bonds. The molecule has 33 heavy (non-hydrogen) atoms. The highest BCUT2D eigenvalue weighted by Gasteiger charge is 2.51. The summed E-state index contributed by atoms with van der Waals surface area (Å²) < 4.78 is 56.0. The minimum atomic E-state index is -5.03. The minimum Gasteiger partial charge on any atom is -0.497 e. The van der Waals surface area contributed by atoms with Crippen molar-refractivity contribution in [1.82, 2.24) is 9.55 Å². The molecule has 2 aromatic rings. The molecule has 3 atom stereocenters. The molecule has 3 rings (SSSR count). The Balaban J connectivity index is 1.97. The minimum absolute atomic E-state index is 0.0594. The summed E-state index contributed by atoms with van der Waals surface area (Å²) in [6.07, 6.45) is -7.73. The Morgan fingerprint density at radius 2 is 2.06 bits per heavy atom. The van der Waals surface area contributed by atoms with E-state index in [4.69, 9.17) is 19.7 Å². The Hall–Kier alpha value is -3.04. The molecule has 11 nitrogen and oxygen atoms in total. The molecule has 0 radical (unpaired) electrons. The summed E-state index contributed by atoms with van der Waals surface area (Å²) in [5.74, 6) is -0.330. The fraction of sp³-hybridized carbons (Fsp3) is 0.389. The third-order valence-corrected chi connectivity index (χ3v) is 5.92. The Morgan fingerprint density at radius 1 is 1.39 bits per heavy atom. The van der Waals surface area contributed by atoms with E-state index in [1.54, 1.807) is 27.6 Å². The standard InChI is InChI=1S/C18H15F3IN5O6/c1-31-10-4-2-9(3-5-10)15(29)32-12-6-13(33-17(12,8-22)25-26-23)27-7-11(18(19,20)21)14(28)24-16(27)30/h2-5,7,12-13H,6,8H2,1H3,(H,24,28,30)/t12-,13+,17+/m0/s1. The van der Waals surface area contributed by atoms with Gasteiger partial charge in [-0.3, -0.25) is 14.3 Å². The average Bonchev–Trinajstić information content (AvgIpc) is 3.11. The van der Waals surface area contributed by atoms with E-state index in [0.717, 1.165) is 0 Å². The Kier molecular flexibility index (Phi) is 7.04. The summed E-state index contributed by atoms with van der Waals surface area (Å²) in [7, 11) is 1.45. The van der Waals surface area contributed by atoms with Crippen LogP contribution in [0, 0.1) is 0 Å². The maximum absolute atomic E-state index is 13.2. The second-order valence-electron chi connectivity index (χ2n) is 6.81. The van der Waals surface area contributed by atoms with Crippen LogP contribution in [0.15, 0.2) is 45.2 Å². The van der Waals surface area contributed by atoms with Gasteiger partial charge in [-0.2, -0.15) is 13.2 Å². The average molecular weight is 581 g/mol. The number of ether oxygens (including phenoxy) is 3. The fourth-order valence-corrected chi connectivity index (χ4v) is 3.99. The summed E-state index contributed by atoms with van der Waals surface area (Å²) >= 11 is 1.79. The first-order valence-electron chi connectivity index (χ1n) is 9.12. The third-order valence-electron chi connectivity index (χ3n) is 4.82. The van der Waals surface area contributed by atoms with Crippen LogP contribution in [0.5, 0.6) is 5.75 Å². The number of carbonyl (C=O) groups excluding carboxylic acids is 1. The van der Waals surface area contributed by atoms with Gasteiger partial charge in [-0.05, 0) is 29.8 Å². The zero-order chi connectivity index (χ0) is 24.4. The van der Waals surface area contributed by atoms with Crippen molar-refractivity contribution in [2.24, 2.45) is 5.11 Å². The summed E-state index contributed by atoms with van der Waals surface area (Å²) in [6, 6.07) is 5.88. The predicted octanol–water partition coefficient (Wildman–Crippen LogP) is 3.15. The Labute approximate surface area is 196 Å². The van der Waals surface area contributed by atoms with Crippen LogP contribution in [0.25, 0.3) is 10.4 Å². The molecule has 0 saturated carbocycles. The van der Waals surface area contributed by atoms with Crippen LogP contribution in [0.2, 0.25) is 0 Å². The number of methoxy groups -OCH3 is 1. The smallest absolute Gasteiger partial charge is 0.423 e. The lowest BCUT2D eigenvalue weighted by Gasteiger charge is -2.27. The van der Waals surface area contributed by atoms with Crippen LogP contribution in [0.3, 0.4) is 0 Å². The summed E-state index contributed by atoms with van der Waals surface area (Å²) in [5, 5.41) is 3.57. The number of benzene rings is 1. The maximum atomic E-state index is 13.2. The van der Waals surface area contributed by atoms with Gasteiger partial charge in [0.2, 0.25) is 0 Å². The van der Waals surface area contributed by atoms with E-state index in [9.17, 15) is 27.6 Å². The fourth-order valence-electron chi connectivity index (χ4n) is 3.17. The number of aromatic nitrogens is 2. The molecule has 1 saturated heterocycles. The number of nitrogens with zero attached hydrogens (tertiary/aromatic N) is 4. The topological polar surface area (TPSA) is 148 Å². The van der Waals surface area contributed by atoms with Crippen LogP contribution in [0.1, 0.15) is 28.6 Å². The Bertz CT molecular complexity index is 1210. The van der Waals surface area contributed by atoms with Crippen molar-refractivity contribution in [3.05, 3.63) is 72.9 Å². The molecule has 1 aliphatic rings. The van der Waals surface area contributed by atoms with Crippen molar-refractivity contribution in [3.63, 3.8) is 0 Å². The number of H-pyrrole nitrogens is 1. The van der Waals surface area contributed by atoms with E-state index < -0.39 is 47.0 Å².